The van der Waals surface area contributed by atoms with Gasteiger partial charge in [0.05, 0.1) is 5.01 Å². The van der Waals surface area contributed by atoms with E-state index in [1.54, 1.807) is 11.3 Å². The summed E-state index contributed by atoms with van der Waals surface area (Å²) in [5.41, 5.74) is 1.41. The minimum atomic E-state index is 0.495. The number of hydrogen-bond donors (Lipinski definition) is 1. The van der Waals surface area contributed by atoms with Gasteiger partial charge in [0.1, 0.15) is 0 Å². The third kappa shape index (κ3) is 3.21. The van der Waals surface area contributed by atoms with Gasteiger partial charge in [-0.3, -0.25) is 4.90 Å². The Hall–Kier alpha value is -1.23. The first-order valence-corrected chi connectivity index (χ1v) is 7.69. The third-order valence-corrected chi connectivity index (χ3v) is 4.47. The van der Waals surface area contributed by atoms with E-state index in [1.807, 2.05) is 6.20 Å². The van der Waals surface area contributed by atoms with Crippen molar-refractivity contribution in [2.75, 3.05) is 26.2 Å². The summed E-state index contributed by atoms with van der Waals surface area (Å²) in [5.74, 6) is 0. The summed E-state index contributed by atoms with van der Waals surface area (Å²) in [5, 5.41) is 6.80. The van der Waals surface area contributed by atoms with Crippen molar-refractivity contribution in [2.24, 2.45) is 0 Å². The summed E-state index contributed by atoms with van der Waals surface area (Å²) in [7, 11) is 0. The molecule has 100 valence electrons. The lowest BCUT2D eigenvalue weighted by Gasteiger charge is -2.36. The number of hydrogen-bond acceptors (Lipinski definition) is 4. The molecule has 0 spiro atoms. The van der Waals surface area contributed by atoms with E-state index in [2.05, 4.69) is 50.9 Å². The maximum absolute atomic E-state index is 4.37. The molecule has 4 heteroatoms. The van der Waals surface area contributed by atoms with Gasteiger partial charge in [-0.2, -0.15) is 0 Å². The molecule has 1 N–H and O–H groups in total. The van der Waals surface area contributed by atoms with Crippen LogP contribution in [-0.2, 0) is 6.42 Å². The summed E-state index contributed by atoms with van der Waals surface area (Å²) in [6, 6.07) is 11.3. The molecule has 0 amide bonds. The van der Waals surface area contributed by atoms with Crippen molar-refractivity contribution in [1.29, 1.82) is 0 Å². The van der Waals surface area contributed by atoms with Gasteiger partial charge in [-0.05, 0) is 5.56 Å². The van der Waals surface area contributed by atoms with Crippen LogP contribution in [-0.4, -0.2) is 36.1 Å². The first-order valence-electron chi connectivity index (χ1n) is 6.81. The number of nitrogens with one attached hydrogen (secondary N) is 1. The van der Waals surface area contributed by atoms with E-state index in [-0.39, 0.29) is 0 Å². The quantitative estimate of drug-likeness (QED) is 0.927. The van der Waals surface area contributed by atoms with Gasteiger partial charge in [0.15, 0.2) is 0 Å². The highest BCUT2D eigenvalue weighted by molar-refractivity contribution is 7.09. The summed E-state index contributed by atoms with van der Waals surface area (Å²) in [6.07, 6.45) is 2.95. The molecule has 1 aliphatic heterocycles. The number of piperazine rings is 1. The smallest absolute Gasteiger partial charge is 0.0937 e. The molecule has 1 aromatic carbocycles. The van der Waals surface area contributed by atoms with Crippen molar-refractivity contribution >= 4 is 11.3 Å². The van der Waals surface area contributed by atoms with Crippen LogP contribution in [0.4, 0.5) is 0 Å². The van der Waals surface area contributed by atoms with Gasteiger partial charge < -0.3 is 5.32 Å². The first-order chi connectivity index (χ1) is 9.43. The molecule has 1 unspecified atom stereocenters. The summed E-state index contributed by atoms with van der Waals surface area (Å²) in [4.78, 5) is 6.95. The van der Waals surface area contributed by atoms with E-state index in [4.69, 9.17) is 0 Å². The molecule has 3 rings (SSSR count). The van der Waals surface area contributed by atoms with Gasteiger partial charge in [0.2, 0.25) is 0 Å². The Morgan fingerprint density at radius 3 is 3.00 bits per heavy atom. The van der Waals surface area contributed by atoms with E-state index in [0.717, 1.165) is 32.6 Å². The van der Waals surface area contributed by atoms with Crippen molar-refractivity contribution < 1.29 is 0 Å². The fraction of sp³-hybridized carbons (Fsp3) is 0.400. The maximum Gasteiger partial charge on any atom is 0.0937 e. The highest BCUT2D eigenvalue weighted by atomic mass is 32.1. The molecule has 19 heavy (non-hydrogen) atoms. The highest BCUT2D eigenvalue weighted by Gasteiger charge is 2.23. The largest absolute Gasteiger partial charge is 0.314 e. The number of nitrogens with zero attached hydrogens (tertiary/aromatic N) is 2. The molecule has 1 atom stereocenters. The van der Waals surface area contributed by atoms with Crippen LogP contribution in [0.5, 0.6) is 0 Å². The number of thiazole rings is 1. The second-order valence-corrected chi connectivity index (χ2v) is 5.82. The molecule has 0 aliphatic carbocycles. The lowest BCUT2D eigenvalue weighted by molar-refractivity contribution is 0.164. The number of rotatable bonds is 4. The zero-order chi connectivity index (χ0) is 12.9. The van der Waals surface area contributed by atoms with E-state index in [0.29, 0.717) is 6.04 Å². The minimum absolute atomic E-state index is 0.495. The van der Waals surface area contributed by atoms with Crippen molar-refractivity contribution in [3.63, 3.8) is 0 Å². The van der Waals surface area contributed by atoms with Gasteiger partial charge in [-0.1, -0.05) is 30.3 Å². The molecule has 2 aromatic rings. The average molecular weight is 273 g/mol. The lowest BCUT2D eigenvalue weighted by atomic mass is 10.0. The topological polar surface area (TPSA) is 28.2 Å². The van der Waals surface area contributed by atoms with E-state index in [1.165, 1.54) is 10.6 Å². The summed E-state index contributed by atoms with van der Waals surface area (Å²) < 4.78 is 0. The first kappa shape index (κ1) is 12.8. The Kier molecular flexibility index (Phi) is 4.23. The van der Waals surface area contributed by atoms with Crippen molar-refractivity contribution in [3.8, 4) is 0 Å². The van der Waals surface area contributed by atoms with Crippen molar-refractivity contribution in [1.82, 2.24) is 15.2 Å². The Morgan fingerprint density at radius 2 is 2.21 bits per heavy atom. The Bertz CT molecular complexity index is 483. The minimum Gasteiger partial charge on any atom is -0.314 e. The van der Waals surface area contributed by atoms with E-state index >= 15 is 0 Å². The van der Waals surface area contributed by atoms with Crippen LogP contribution in [0.2, 0.25) is 0 Å². The SMILES string of the molecule is c1ccc(C2CNCCN2CCc2nccs2)cc1. The molecule has 3 nitrogen and oxygen atoms in total. The molecule has 1 saturated heterocycles. The predicted octanol–water partition coefficient (Wildman–Crippen LogP) is 2.33. The Labute approximate surface area is 118 Å². The van der Waals surface area contributed by atoms with Crippen LogP contribution in [0.25, 0.3) is 0 Å². The molecule has 2 heterocycles. The monoisotopic (exact) mass is 273 g/mol. The number of aromatic nitrogens is 1. The van der Waals surface area contributed by atoms with E-state index < -0.39 is 0 Å². The fourth-order valence-corrected chi connectivity index (χ4v) is 3.24. The van der Waals surface area contributed by atoms with Gasteiger partial charge in [-0.25, -0.2) is 4.98 Å². The van der Waals surface area contributed by atoms with Crippen LogP contribution in [0.1, 0.15) is 16.6 Å². The van der Waals surface area contributed by atoms with Crippen LogP contribution >= 0.6 is 11.3 Å². The molecule has 1 fully saturated rings. The molecular formula is C15H19N3S. The van der Waals surface area contributed by atoms with Gasteiger partial charge in [0, 0.05) is 50.2 Å². The lowest BCUT2D eigenvalue weighted by Crippen LogP contribution is -2.46. The maximum atomic E-state index is 4.37. The molecular weight excluding hydrogens is 254 g/mol. The molecule has 0 radical (unpaired) electrons. The van der Waals surface area contributed by atoms with Crippen LogP contribution in [0, 0.1) is 0 Å². The molecule has 1 aromatic heterocycles. The average Bonchev–Trinajstić information content (AvgIpc) is 3.00. The van der Waals surface area contributed by atoms with E-state index in [9.17, 15) is 0 Å². The van der Waals surface area contributed by atoms with Crippen molar-refractivity contribution in [3.05, 3.63) is 52.5 Å². The third-order valence-electron chi connectivity index (χ3n) is 3.63. The second kappa shape index (κ2) is 6.28. The normalized spacial score (nSPS) is 20.5. The summed E-state index contributed by atoms with van der Waals surface area (Å²) >= 11 is 1.76. The zero-order valence-corrected chi connectivity index (χ0v) is 11.8. The van der Waals surface area contributed by atoms with Crippen LogP contribution < -0.4 is 5.32 Å². The highest BCUT2D eigenvalue weighted by Crippen LogP contribution is 2.22. The standard InChI is InChI=1S/C15H19N3S/c1-2-4-13(5-3-1)14-12-16-7-10-18(14)9-6-15-17-8-11-19-15/h1-5,8,11,14,16H,6-7,9-10,12H2. The van der Waals surface area contributed by atoms with Crippen LogP contribution in [0.3, 0.4) is 0 Å². The molecule has 0 bridgehead atoms. The van der Waals surface area contributed by atoms with Gasteiger partial charge in [0.25, 0.3) is 0 Å². The Balaban J connectivity index is 1.67. The predicted molar refractivity (Wildman–Crippen MR) is 79.4 cm³/mol. The van der Waals surface area contributed by atoms with Crippen molar-refractivity contribution in [2.45, 2.75) is 12.5 Å². The van der Waals surface area contributed by atoms with Gasteiger partial charge >= 0.3 is 0 Å². The zero-order valence-electron chi connectivity index (χ0n) is 11.0. The number of benzene rings is 1. The van der Waals surface area contributed by atoms with Gasteiger partial charge in [-0.15, -0.1) is 11.3 Å². The second-order valence-electron chi connectivity index (χ2n) is 4.84. The van der Waals surface area contributed by atoms with Crippen LogP contribution in [0.15, 0.2) is 41.9 Å². The molecule has 1 aliphatic rings. The Morgan fingerprint density at radius 1 is 1.32 bits per heavy atom. The molecule has 0 saturated carbocycles. The fourth-order valence-electron chi connectivity index (χ4n) is 2.63. The summed E-state index contributed by atoms with van der Waals surface area (Å²) in [6.45, 7) is 4.34.